The van der Waals surface area contributed by atoms with Gasteiger partial charge in [0.25, 0.3) is 5.91 Å². The summed E-state index contributed by atoms with van der Waals surface area (Å²) in [6.45, 7) is 1.63. The number of ether oxygens (including phenoxy) is 3. The monoisotopic (exact) mass is 414 g/mol. The van der Waals surface area contributed by atoms with E-state index in [1.807, 2.05) is 0 Å². The predicted molar refractivity (Wildman–Crippen MR) is 106 cm³/mol. The van der Waals surface area contributed by atoms with Crippen molar-refractivity contribution in [3.63, 3.8) is 0 Å². The second kappa shape index (κ2) is 8.04. The summed E-state index contributed by atoms with van der Waals surface area (Å²) in [5.74, 6) is 0.603. The number of anilines is 2. The number of esters is 1. The van der Waals surface area contributed by atoms with Crippen molar-refractivity contribution in [1.82, 2.24) is 0 Å². The number of hydrogen-bond acceptors (Lipinski definition) is 7. The molecule has 0 aromatic heterocycles. The first-order valence-corrected chi connectivity index (χ1v) is 9.96. The van der Waals surface area contributed by atoms with Crippen molar-refractivity contribution < 1.29 is 28.6 Å². The number of hydrogen-bond donors (Lipinski definition) is 2. The van der Waals surface area contributed by atoms with E-state index in [1.54, 1.807) is 48.2 Å². The third-order valence-electron chi connectivity index (χ3n) is 4.37. The highest BCUT2D eigenvalue weighted by Gasteiger charge is 2.22. The average molecular weight is 414 g/mol. The number of thioether (sulfide) groups is 1. The van der Waals surface area contributed by atoms with E-state index < -0.39 is 18.0 Å². The Bertz CT molecular complexity index is 993. The molecule has 0 unspecified atom stereocenters. The van der Waals surface area contributed by atoms with Gasteiger partial charge in [0.15, 0.2) is 17.6 Å². The predicted octanol–water partition coefficient (Wildman–Crippen LogP) is 3.03. The largest absolute Gasteiger partial charge is 0.454 e. The minimum atomic E-state index is -1.02. The first-order chi connectivity index (χ1) is 14.0. The van der Waals surface area contributed by atoms with E-state index in [2.05, 4.69) is 10.6 Å². The standard InChI is InChI=1S/C20H18N2O6S/c1-11(19(24)21-13-3-4-15-16(9-13)27-10-26-15)28-20(25)12-2-5-17-14(8-12)22-18(23)6-7-29-17/h2-5,8-9,11H,6-7,10H2,1H3,(H,21,24)(H,22,23)/t11-/m0/s1. The van der Waals surface area contributed by atoms with Gasteiger partial charge in [-0.2, -0.15) is 0 Å². The van der Waals surface area contributed by atoms with E-state index in [4.69, 9.17) is 14.2 Å². The Balaban J connectivity index is 1.40. The summed E-state index contributed by atoms with van der Waals surface area (Å²) in [7, 11) is 0. The molecule has 4 rings (SSSR count). The van der Waals surface area contributed by atoms with Gasteiger partial charge < -0.3 is 24.8 Å². The molecule has 2 N–H and O–H groups in total. The Morgan fingerprint density at radius 1 is 1.17 bits per heavy atom. The van der Waals surface area contributed by atoms with Crippen molar-refractivity contribution >= 4 is 40.9 Å². The Labute approximate surface area is 170 Å². The van der Waals surface area contributed by atoms with Gasteiger partial charge in [0.2, 0.25) is 12.7 Å². The molecule has 0 spiro atoms. The van der Waals surface area contributed by atoms with Crippen LogP contribution in [-0.2, 0) is 14.3 Å². The zero-order valence-electron chi connectivity index (χ0n) is 15.5. The lowest BCUT2D eigenvalue weighted by molar-refractivity contribution is -0.123. The number of fused-ring (bicyclic) bond motifs is 2. The lowest BCUT2D eigenvalue weighted by Gasteiger charge is -2.14. The molecule has 0 saturated heterocycles. The summed E-state index contributed by atoms with van der Waals surface area (Å²) in [5, 5.41) is 5.46. The van der Waals surface area contributed by atoms with Gasteiger partial charge in [0.1, 0.15) is 0 Å². The third kappa shape index (κ3) is 4.29. The molecule has 2 heterocycles. The van der Waals surface area contributed by atoms with Crippen LogP contribution in [0.4, 0.5) is 11.4 Å². The highest BCUT2D eigenvalue weighted by atomic mass is 32.2. The topological polar surface area (TPSA) is 103 Å². The maximum Gasteiger partial charge on any atom is 0.338 e. The molecule has 2 aliphatic rings. The normalized spacial score (nSPS) is 15.6. The minimum absolute atomic E-state index is 0.0989. The molecular formula is C20H18N2O6S. The third-order valence-corrected chi connectivity index (χ3v) is 5.44. The zero-order chi connectivity index (χ0) is 20.4. The fourth-order valence-corrected chi connectivity index (χ4v) is 3.78. The van der Waals surface area contributed by atoms with Gasteiger partial charge >= 0.3 is 5.97 Å². The number of rotatable bonds is 4. The highest BCUT2D eigenvalue weighted by molar-refractivity contribution is 7.99. The molecule has 2 aromatic carbocycles. The number of carbonyl (C=O) groups excluding carboxylic acids is 3. The maximum absolute atomic E-state index is 12.5. The summed E-state index contributed by atoms with van der Waals surface area (Å²) >= 11 is 1.54. The second-order valence-corrected chi connectivity index (χ2v) is 7.60. The van der Waals surface area contributed by atoms with Crippen LogP contribution in [0.25, 0.3) is 0 Å². The van der Waals surface area contributed by atoms with Crippen molar-refractivity contribution in [1.29, 1.82) is 0 Å². The first-order valence-electron chi connectivity index (χ1n) is 8.98. The zero-order valence-corrected chi connectivity index (χ0v) is 16.3. The van der Waals surface area contributed by atoms with E-state index in [1.165, 1.54) is 6.92 Å². The van der Waals surface area contributed by atoms with E-state index in [-0.39, 0.29) is 18.3 Å². The fourth-order valence-electron chi connectivity index (χ4n) is 2.85. The number of amides is 2. The smallest absolute Gasteiger partial charge is 0.338 e. The molecule has 0 aliphatic carbocycles. The van der Waals surface area contributed by atoms with Gasteiger partial charge in [-0.15, -0.1) is 11.8 Å². The van der Waals surface area contributed by atoms with Crippen LogP contribution in [0.3, 0.4) is 0 Å². The fraction of sp³-hybridized carbons (Fsp3) is 0.250. The molecule has 9 heteroatoms. The Hall–Kier alpha value is -3.20. The molecule has 0 saturated carbocycles. The molecule has 1 atom stereocenters. The lowest BCUT2D eigenvalue weighted by Crippen LogP contribution is -2.30. The summed E-state index contributed by atoms with van der Waals surface area (Å²) in [6, 6.07) is 9.95. The molecular weight excluding hydrogens is 396 g/mol. The van der Waals surface area contributed by atoms with Gasteiger partial charge in [-0.25, -0.2) is 4.79 Å². The van der Waals surface area contributed by atoms with Crippen LogP contribution in [0, 0.1) is 0 Å². The summed E-state index contributed by atoms with van der Waals surface area (Å²) in [5.41, 5.74) is 1.34. The van der Waals surface area contributed by atoms with E-state index >= 15 is 0 Å². The van der Waals surface area contributed by atoms with Crippen LogP contribution >= 0.6 is 11.8 Å². The van der Waals surface area contributed by atoms with Gasteiger partial charge in [-0.3, -0.25) is 9.59 Å². The molecule has 29 heavy (non-hydrogen) atoms. The molecule has 2 aliphatic heterocycles. The van der Waals surface area contributed by atoms with Crippen LogP contribution < -0.4 is 20.1 Å². The highest BCUT2D eigenvalue weighted by Crippen LogP contribution is 2.34. The Kier molecular flexibility index (Phi) is 5.30. The van der Waals surface area contributed by atoms with Crippen LogP contribution in [-0.4, -0.2) is 36.4 Å². The van der Waals surface area contributed by atoms with Crippen molar-refractivity contribution in [2.45, 2.75) is 24.3 Å². The van der Waals surface area contributed by atoms with Crippen LogP contribution in [0.5, 0.6) is 11.5 Å². The quantitative estimate of drug-likeness (QED) is 0.741. The van der Waals surface area contributed by atoms with E-state index in [0.29, 0.717) is 35.0 Å². The molecule has 0 fully saturated rings. The summed E-state index contributed by atoms with van der Waals surface area (Å²) in [4.78, 5) is 37.5. The van der Waals surface area contributed by atoms with Crippen LogP contribution in [0.1, 0.15) is 23.7 Å². The number of benzene rings is 2. The Morgan fingerprint density at radius 2 is 2.00 bits per heavy atom. The van der Waals surface area contributed by atoms with Crippen molar-refractivity contribution in [2.75, 3.05) is 23.2 Å². The molecule has 8 nitrogen and oxygen atoms in total. The van der Waals surface area contributed by atoms with Gasteiger partial charge in [0.05, 0.1) is 11.3 Å². The van der Waals surface area contributed by atoms with Crippen molar-refractivity contribution in [3.8, 4) is 11.5 Å². The Morgan fingerprint density at radius 3 is 2.86 bits per heavy atom. The molecule has 2 amide bonds. The van der Waals surface area contributed by atoms with Crippen LogP contribution in [0.2, 0.25) is 0 Å². The van der Waals surface area contributed by atoms with Gasteiger partial charge in [-0.05, 0) is 37.3 Å². The average Bonchev–Trinajstić information content (AvgIpc) is 3.08. The van der Waals surface area contributed by atoms with Crippen molar-refractivity contribution in [2.24, 2.45) is 0 Å². The minimum Gasteiger partial charge on any atom is -0.454 e. The van der Waals surface area contributed by atoms with Gasteiger partial charge in [0, 0.05) is 28.8 Å². The lowest BCUT2D eigenvalue weighted by atomic mass is 10.2. The van der Waals surface area contributed by atoms with E-state index in [9.17, 15) is 14.4 Å². The second-order valence-electron chi connectivity index (χ2n) is 6.46. The molecule has 2 aromatic rings. The summed E-state index contributed by atoms with van der Waals surface area (Å²) in [6.07, 6.45) is -0.605. The molecule has 0 bridgehead atoms. The van der Waals surface area contributed by atoms with E-state index in [0.717, 1.165) is 4.90 Å². The van der Waals surface area contributed by atoms with Gasteiger partial charge in [-0.1, -0.05) is 0 Å². The number of nitrogens with one attached hydrogen (secondary N) is 2. The maximum atomic E-state index is 12.5. The summed E-state index contributed by atoms with van der Waals surface area (Å²) < 4.78 is 15.8. The van der Waals surface area contributed by atoms with Crippen LogP contribution in [0.15, 0.2) is 41.3 Å². The van der Waals surface area contributed by atoms with Crippen molar-refractivity contribution in [3.05, 3.63) is 42.0 Å². The first kappa shape index (κ1) is 19.1. The molecule has 150 valence electrons. The number of carbonyl (C=O) groups is 3. The molecule has 0 radical (unpaired) electrons. The SMILES string of the molecule is C[C@H](OC(=O)c1ccc2c(c1)NC(=O)CCS2)C(=O)Nc1ccc2c(c1)OCO2.